The van der Waals surface area contributed by atoms with Crippen molar-refractivity contribution in [3.63, 3.8) is 0 Å². The molecular formula is C19H24N4O2S. The molecule has 3 rings (SSSR count). The lowest BCUT2D eigenvalue weighted by molar-refractivity contribution is -0.117. The van der Waals surface area contributed by atoms with Crippen LogP contribution in [0, 0.1) is 13.8 Å². The summed E-state index contributed by atoms with van der Waals surface area (Å²) in [5.41, 5.74) is 3.22. The zero-order valence-corrected chi connectivity index (χ0v) is 16.2. The summed E-state index contributed by atoms with van der Waals surface area (Å²) in [4.78, 5) is 26.1. The van der Waals surface area contributed by atoms with Crippen LogP contribution in [0.15, 0.2) is 18.2 Å². The van der Waals surface area contributed by atoms with E-state index in [1.807, 2.05) is 30.9 Å². The Morgan fingerprint density at radius 3 is 2.69 bits per heavy atom. The molecule has 26 heavy (non-hydrogen) atoms. The average molecular weight is 372 g/mol. The summed E-state index contributed by atoms with van der Waals surface area (Å²) in [6.07, 6.45) is 2.76. The minimum atomic E-state index is -0.0334. The number of unbranched alkanes of at least 4 members (excludes halogenated alkanes) is 1. The van der Waals surface area contributed by atoms with Gasteiger partial charge in [-0.25, -0.2) is 0 Å². The smallest absolute Gasteiger partial charge is 0.227 e. The van der Waals surface area contributed by atoms with Gasteiger partial charge in [-0.05, 0) is 43.5 Å². The molecule has 1 aliphatic rings. The molecular weight excluding hydrogens is 348 g/mol. The first-order chi connectivity index (χ1) is 12.5. The SMILES string of the molecule is CCCCC(=O)Nc1nnc(C2CC(=O)N(c3cc(C)cc(C)c3)C2)s1. The van der Waals surface area contributed by atoms with Gasteiger partial charge in [-0.3, -0.25) is 9.59 Å². The third kappa shape index (κ3) is 4.27. The molecule has 0 saturated carbocycles. The van der Waals surface area contributed by atoms with Crippen LogP contribution in [0.25, 0.3) is 0 Å². The number of anilines is 2. The van der Waals surface area contributed by atoms with E-state index in [0.717, 1.165) is 34.7 Å². The zero-order valence-electron chi connectivity index (χ0n) is 15.4. The summed E-state index contributed by atoms with van der Waals surface area (Å²) < 4.78 is 0. The molecule has 0 bridgehead atoms. The number of aryl methyl sites for hydroxylation is 2. The van der Waals surface area contributed by atoms with Crippen molar-refractivity contribution in [2.45, 2.75) is 52.4 Å². The van der Waals surface area contributed by atoms with Crippen LogP contribution in [-0.2, 0) is 9.59 Å². The quantitative estimate of drug-likeness (QED) is 0.837. The fraction of sp³-hybridized carbons (Fsp3) is 0.474. The van der Waals surface area contributed by atoms with Gasteiger partial charge in [-0.2, -0.15) is 0 Å². The van der Waals surface area contributed by atoms with Crippen molar-refractivity contribution in [2.24, 2.45) is 0 Å². The van der Waals surface area contributed by atoms with Crippen molar-refractivity contribution >= 4 is 34.0 Å². The van der Waals surface area contributed by atoms with Gasteiger partial charge in [0.2, 0.25) is 16.9 Å². The van der Waals surface area contributed by atoms with Crippen LogP contribution in [-0.4, -0.2) is 28.6 Å². The van der Waals surface area contributed by atoms with Gasteiger partial charge in [0, 0.05) is 31.0 Å². The van der Waals surface area contributed by atoms with Crippen molar-refractivity contribution in [3.8, 4) is 0 Å². The van der Waals surface area contributed by atoms with Crippen molar-refractivity contribution in [2.75, 3.05) is 16.8 Å². The zero-order chi connectivity index (χ0) is 18.7. The van der Waals surface area contributed by atoms with Gasteiger partial charge < -0.3 is 10.2 Å². The first kappa shape index (κ1) is 18.5. The number of hydrogen-bond acceptors (Lipinski definition) is 5. The van der Waals surface area contributed by atoms with Crippen LogP contribution >= 0.6 is 11.3 Å². The number of benzene rings is 1. The monoisotopic (exact) mass is 372 g/mol. The number of aromatic nitrogens is 2. The summed E-state index contributed by atoms with van der Waals surface area (Å²) in [6.45, 7) is 6.72. The third-order valence-electron chi connectivity index (χ3n) is 4.44. The molecule has 1 aromatic heterocycles. The molecule has 2 aromatic rings. The Morgan fingerprint density at radius 2 is 2.00 bits per heavy atom. The maximum Gasteiger partial charge on any atom is 0.227 e. The average Bonchev–Trinajstić information content (AvgIpc) is 3.18. The Hall–Kier alpha value is -2.28. The molecule has 1 N–H and O–H groups in total. The van der Waals surface area contributed by atoms with E-state index in [9.17, 15) is 9.59 Å². The molecule has 1 unspecified atom stereocenters. The van der Waals surface area contributed by atoms with Crippen molar-refractivity contribution in [1.29, 1.82) is 0 Å². The summed E-state index contributed by atoms with van der Waals surface area (Å²) in [6, 6.07) is 6.17. The second-order valence-corrected chi connectivity index (χ2v) is 7.86. The molecule has 6 nitrogen and oxygen atoms in total. The number of hydrogen-bond donors (Lipinski definition) is 1. The van der Waals surface area contributed by atoms with Crippen LogP contribution in [0.5, 0.6) is 0 Å². The summed E-state index contributed by atoms with van der Waals surface area (Å²) in [5.74, 6) is 0.0831. The van der Waals surface area contributed by atoms with Crippen LogP contribution in [0.2, 0.25) is 0 Å². The number of amides is 2. The van der Waals surface area contributed by atoms with Crippen molar-refractivity contribution in [1.82, 2.24) is 10.2 Å². The molecule has 1 atom stereocenters. The predicted octanol–water partition coefficient (Wildman–Crippen LogP) is 3.80. The molecule has 0 radical (unpaired) electrons. The standard InChI is InChI=1S/C19H24N4O2S/c1-4-5-6-16(24)20-19-22-21-18(26-19)14-10-17(25)23(11-14)15-8-12(2)7-13(3)9-15/h7-9,14H,4-6,10-11H2,1-3H3,(H,20,22,24). The molecule has 0 spiro atoms. The van der Waals surface area contributed by atoms with E-state index in [-0.39, 0.29) is 17.7 Å². The Bertz CT molecular complexity index is 797. The minimum Gasteiger partial charge on any atom is -0.312 e. The van der Waals surface area contributed by atoms with Crippen LogP contribution in [0.1, 0.15) is 54.7 Å². The second kappa shape index (κ2) is 7.95. The number of carbonyl (C=O) groups is 2. The first-order valence-electron chi connectivity index (χ1n) is 8.98. The second-order valence-electron chi connectivity index (χ2n) is 6.85. The van der Waals surface area contributed by atoms with Crippen molar-refractivity contribution in [3.05, 3.63) is 34.3 Å². The topological polar surface area (TPSA) is 75.2 Å². The number of carbonyl (C=O) groups excluding carboxylic acids is 2. The number of rotatable bonds is 6. The number of nitrogens with zero attached hydrogens (tertiary/aromatic N) is 3. The van der Waals surface area contributed by atoms with Crippen LogP contribution in [0.3, 0.4) is 0 Å². The summed E-state index contributed by atoms with van der Waals surface area (Å²) in [7, 11) is 0. The molecule has 1 aliphatic heterocycles. The minimum absolute atomic E-state index is 0.0158. The van der Waals surface area contributed by atoms with Gasteiger partial charge in [0.15, 0.2) is 0 Å². The fourth-order valence-corrected chi connectivity index (χ4v) is 4.05. The van der Waals surface area contributed by atoms with Gasteiger partial charge in [0.1, 0.15) is 5.01 Å². The lowest BCUT2D eigenvalue weighted by Gasteiger charge is -2.17. The highest BCUT2D eigenvalue weighted by molar-refractivity contribution is 7.15. The molecule has 2 amide bonds. The lowest BCUT2D eigenvalue weighted by Crippen LogP contribution is -2.24. The van der Waals surface area contributed by atoms with Crippen LogP contribution in [0.4, 0.5) is 10.8 Å². The van der Waals surface area contributed by atoms with Gasteiger partial charge in [0.05, 0.1) is 0 Å². The Labute approximate surface area is 157 Å². The summed E-state index contributed by atoms with van der Waals surface area (Å²) >= 11 is 1.36. The van der Waals surface area contributed by atoms with E-state index in [1.165, 1.54) is 11.3 Å². The third-order valence-corrected chi connectivity index (χ3v) is 5.44. The normalized spacial score (nSPS) is 17.0. The Balaban J connectivity index is 1.68. The van der Waals surface area contributed by atoms with Gasteiger partial charge >= 0.3 is 0 Å². The maximum absolute atomic E-state index is 12.5. The molecule has 1 fully saturated rings. The van der Waals surface area contributed by atoms with E-state index in [4.69, 9.17) is 0 Å². The van der Waals surface area contributed by atoms with E-state index in [0.29, 0.717) is 24.5 Å². The number of nitrogens with one attached hydrogen (secondary N) is 1. The molecule has 1 saturated heterocycles. The fourth-order valence-electron chi connectivity index (χ4n) is 3.20. The van der Waals surface area contributed by atoms with Crippen LogP contribution < -0.4 is 10.2 Å². The highest BCUT2D eigenvalue weighted by Crippen LogP contribution is 2.34. The van der Waals surface area contributed by atoms with Gasteiger partial charge in [0.25, 0.3) is 0 Å². The highest BCUT2D eigenvalue weighted by atomic mass is 32.1. The Morgan fingerprint density at radius 1 is 1.27 bits per heavy atom. The largest absolute Gasteiger partial charge is 0.312 e. The van der Waals surface area contributed by atoms with Crippen molar-refractivity contribution < 1.29 is 9.59 Å². The Kier molecular flexibility index (Phi) is 5.66. The van der Waals surface area contributed by atoms with Gasteiger partial charge in [-0.1, -0.05) is 30.7 Å². The predicted molar refractivity (Wildman–Crippen MR) is 104 cm³/mol. The van der Waals surface area contributed by atoms with Gasteiger partial charge in [-0.15, -0.1) is 10.2 Å². The van der Waals surface area contributed by atoms with E-state index >= 15 is 0 Å². The maximum atomic E-state index is 12.5. The molecule has 0 aliphatic carbocycles. The molecule has 138 valence electrons. The molecule has 7 heteroatoms. The van der Waals surface area contributed by atoms with E-state index in [2.05, 4.69) is 28.5 Å². The highest BCUT2D eigenvalue weighted by Gasteiger charge is 2.34. The summed E-state index contributed by atoms with van der Waals surface area (Å²) in [5, 5.41) is 12.4. The first-order valence-corrected chi connectivity index (χ1v) is 9.80. The van der Waals surface area contributed by atoms with E-state index in [1.54, 1.807) is 0 Å². The molecule has 1 aromatic carbocycles. The van der Waals surface area contributed by atoms with E-state index < -0.39 is 0 Å². The lowest BCUT2D eigenvalue weighted by atomic mass is 10.1. The molecule has 2 heterocycles.